The van der Waals surface area contributed by atoms with Crippen molar-refractivity contribution in [3.63, 3.8) is 0 Å². The average molecular weight is 538 g/mol. The van der Waals surface area contributed by atoms with Gasteiger partial charge in [-0.25, -0.2) is 13.6 Å². The summed E-state index contributed by atoms with van der Waals surface area (Å²) in [5.41, 5.74) is 1.10. The van der Waals surface area contributed by atoms with Crippen molar-refractivity contribution in [1.82, 2.24) is 9.80 Å². The molecular weight excluding hydrogens is 502 g/mol. The van der Waals surface area contributed by atoms with Crippen LogP contribution >= 0.6 is 0 Å². The van der Waals surface area contributed by atoms with Gasteiger partial charge in [0.05, 0.1) is 11.0 Å². The van der Waals surface area contributed by atoms with E-state index in [2.05, 4.69) is 0 Å². The minimum Gasteiger partial charge on any atom is -0.490 e. The number of sulfonamides is 1. The number of nitrogens with zero attached hydrogens (tertiary/aromatic N) is 2. The molecule has 3 fully saturated rings. The van der Waals surface area contributed by atoms with Crippen LogP contribution in [0.2, 0.25) is 0 Å². The highest BCUT2D eigenvalue weighted by Crippen LogP contribution is 2.54. The van der Waals surface area contributed by atoms with Gasteiger partial charge in [-0.05, 0) is 79.3 Å². The lowest BCUT2D eigenvalue weighted by molar-refractivity contribution is 0.0629. The molecule has 4 atom stereocenters. The molecular formula is C29H35N3O5S. The molecule has 6 rings (SSSR count). The largest absolute Gasteiger partial charge is 0.490 e. The number of amides is 2. The van der Waals surface area contributed by atoms with Crippen molar-refractivity contribution in [2.24, 2.45) is 28.8 Å². The van der Waals surface area contributed by atoms with Crippen molar-refractivity contribution in [2.45, 2.75) is 24.8 Å². The Hall–Kier alpha value is -3.43. The first-order valence-corrected chi connectivity index (χ1v) is 14.6. The Morgan fingerprint density at radius 2 is 1.37 bits per heavy atom. The van der Waals surface area contributed by atoms with Gasteiger partial charge in [-0.3, -0.25) is 9.59 Å². The molecule has 1 saturated carbocycles. The summed E-state index contributed by atoms with van der Waals surface area (Å²) in [6, 6.07) is 17.6. The summed E-state index contributed by atoms with van der Waals surface area (Å²) in [4.78, 5) is 30.5. The topological polar surface area (TPSA) is 110 Å². The summed E-state index contributed by atoms with van der Waals surface area (Å²) in [5.74, 6) is 2.19. The zero-order valence-corrected chi connectivity index (χ0v) is 22.2. The van der Waals surface area contributed by atoms with Crippen LogP contribution in [-0.2, 0) is 10.0 Å². The van der Waals surface area contributed by atoms with Crippen LogP contribution in [0.4, 0.5) is 0 Å². The number of rotatable bonds is 5. The Labute approximate surface area is 225 Å². The molecule has 0 spiro atoms. The van der Waals surface area contributed by atoms with E-state index in [0.717, 1.165) is 16.5 Å². The van der Waals surface area contributed by atoms with Gasteiger partial charge >= 0.3 is 0 Å². The molecule has 2 aliphatic heterocycles. The van der Waals surface area contributed by atoms with Gasteiger partial charge in [0.1, 0.15) is 5.75 Å². The number of nitrogens with two attached hydrogens (primary N) is 1. The second-order valence-electron chi connectivity index (χ2n) is 11.0. The van der Waals surface area contributed by atoms with Crippen LogP contribution in [0.5, 0.6) is 5.75 Å². The number of hydrogen-bond acceptors (Lipinski definition) is 5. The molecule has 202 valence electrons. The molecule has 3 aromatic rings. The molecule has 2 N–H and O–H groups in total. The molecule has 2 amide bonds. The number of benzene rings is 3. The Kier molecular flexibility index (Phi) is 5.96. The summed E-state index contributed by atoms with van der Waals surface area (Å²) in [6.45, 7) is 6.67. The van der Waals surface area contributed by atoms with Crippen LogP contribution in [0.1, 0.15) is 37.4 Å². The van der Waals surface area contributed by atoms with Gasteiger partial charge < -0.3 is 14.5 Å². The number of carbonyl (C=O) groups is 2. The molecule has 3 aromatic carbocycles. The van der Waals surface area contributed by atoms with Gasteiger partial charge in [-0.15, -0.1) is 0 Å². The van der Waals surface area contributed by atoms with Crippen molar-refractivity contribution in [3.8, 4) is 5.75 Å². The summed E-state index contributed by atoms with van der Waals surface area (Å²) in [6.07, 6.45) is 0.00283. The smallest absolute Gasteiger partial charge is 0.254 e. The van der Waals surface area contributed by atoms with E-state index in [0.29, 0.717) is 61.0 Å². The van der Waals surface area contributed by atoms with Gasteiger partial charge in [-0.1, -0.05) is 24.3 Å². The summed E-state index contributed by atoms with van der Waals surface area (Å²) >= 11 is 0. The number of carbonyl (C=O) groups excluding carboxylic acids is 2. The molecule has 2 saturated heterocycles. The number of ether oxygens (including phenoxy) is 1. The van der Waals surface area contributed by atoms with Crippen LogP contribution in [0, 0.1) is 23.7 Å². The van der Waals surface area contributed by atoms with Crippen LogP contribution in [0.25, 0.3) is 10.8 Å². The molecule has 3 aliphatic rings. The maximum atomic E-state index is 13.6. The van der Waals surface area contributed by atoms with Crippen molar-refractivity contribution in [2.75, 3.05) is 26.2 Å². The first-order valence-electron chi connectivity index (χ1n) is 13.0. The normalized spacial score (nSPS) is 24.3. The van der Waals surface area contributed by atoms with Gasteiger partial charge in [0.25, 0.3) is 11.8 Å². The van der Waals surface area contributed by atoms with E-state index in [9.17, 15) is 18.0 Å². The highest BCUT2D eigenvalue weighted by atomic mass is 32.2. The predicted molar refractivity (Wildman–Crippen MR) is 148 cm³/mol. The predicted octanol–water partition coefficient (Wildman–Crippen LogP) is 3.86. The molecule has 8 nitrogen and oxygen atoms in total. The van der Waals surface area contributed by atoms with Crippen molar-refractivity contribution in [1.29, 1.82) is 0 Å². The maximum Gasteiger partial charge on any atom is 0.254 e. The second-order valence-corrected chi connectivity index (χ2v) is 12.6. The second kappa shape index (κ2) is 9.10. The molecule has 2 unspecified atom stereocenters. The number of hydrogen-bond donors (Lipinski definition) is 1. The third kappa shape index (κ3) is 4.23. The van der Waals surface area contributed by atoms with Crippen molar-refractivity contribution >= 4 is 32.6 Å². The standard InChI is InChI=1S/C29H31N3O5S.2H2/c1-17(2)37-27-12-20(11-19-5-3-4-6-22(19)27)29(34)32-15-25-23-13-31(14-24(23)26(25)16-32)28(33)18-7-9-21(10-8-18)38(30,35)36;;/h3-12,17,23-26H,13-16H2,1-2H3,(H2,30,35,36);2*1H/t23-,24+,25?,26?;;. The van der Waals surface area contributed by atoms with Gasteiger partial charge in [0.15, 0.2) is 0 Å². The quantitative estimate of drug-likeness (QED) is 0.532. The fourth-order valence-corrected chi connectivity index (χ4v) is 7.12. The Morgan fingerprint density at radius 3 is 1.89 bits per heavy atom. The minimum absolute atomic E-state index is 0. The molecule has 2 heterocycles. The van der Waals surface area contributed by atoms with Crippen LogP contribution in [-0.4, -0.2) is 62.3 Å². The third-order valence-corrected chi connectivity index (χ3v) is 9.29. The Bertz CT molecular complexity index is 1530. The average Bonchev–Trinajstić information content (AvgIpc) is 3.45. The summed E-state index contributed by atoms with van der Waals surface area (Å²) < 4.78 is 29.1. The zero-order valence-electron chi connectivity index (χ0n) is 21.4. The fourth-order valence-electron chi connectivity index (χ4n) is 6.61. The number of primary sulfonamides is 1. The third-order valence-electron chi connectivity index (χ3n) is 8.36. The highest BCUT2D eigenvalue weighted by molar-refractivity contribution is 7.89. The lowest BCUT2D eigenvalue weighted by Gasteiger charge is -2.42. The lowest BCUT2D eigenvalue weighted by atomic mass is 9.60. The maximum absolute atomic E-state index is 13.6. The van der Waals surface area contributed by atoms with Crippen LogP contribution < -0.4 is 9.88 Å². The van der Waals surface area contributed by atoms with Gasteiger partial charge in [0.2, 0.25) is 10.0 Å². The minimum atomic E-state index is -3.80. The highest BCUT2D eigenvalue weighted by Gasteiger charge is 2.59. The van der Waals surface area contributed by atoms with E-state index in [1.807, 2.05) is 60.0 Å². The van der Waals surface area contributed by atoms with E-state index >= 15 is 0 Å². The molecule has 9 heteroatoms. The molecule has 0 bridgehead atoms. The van der Waals surface area contributed by atoms with E-state index in [1.54, 1.807) is 0 Å². The zero-order chi connectivity index (χ0) is 26.8. The van der Waals surface area contributed by atoms with Crippen LogP contribution in [0.15, 0.2) is 65.6 Å². The van der Waals surface area contributed by atoms with Crippen molar-refractivity contribution in [3.05, 3.63) is 71.8 Å². The van der Waals surface area contributed by atoms with E-state index in [4.69, 9.17) is 9.88 Å². The Morgan fingerprint density at radius 1 is 0.842 bits per heavy atom. The van der Waals surface area contributed by atoms with Gasteiger partial charge in [0, 0.05) is 45.5 Å². The van der Waals surface area contributed by atoms with Gasteiger partial charge in [-0.2, -0.15) is 0 Å². The van der Waals surface area contributed by atoms with Crippen LogP contribution in [0.3, 0.4) is 0 Å². The lowest BCUT2D eigenvalue weighted by Crippen LogP contribution is -2.44. The first kappa shape index (κ1) is 24.9. The molecule has 0 aromatic heterocycles. The molecule has 1 aliphatic carbocycles. The van der Waals surface area contributed by atoms with E-state index < -0.39 is 10.0 Å². The number of fused-ring (bicyclic) bond motifs is 5. The summed E-state index contributed by atoms with van der Waals surface area (Å²) in [7, 11) is -3.80. The monoisotopic (exact) mass is 537 g/mol. The fraction of sp³-hybridized carbons (Fsp3) is 0.379. The molecule has 0 radical (unpaired) electrons. The number of likely N-dealkylation sites (tertiary alicyclic amines) is 2. The molecule has 38 heavy (non-hydrogen) atoms. The first-order chi connectivity index (χ1) is 18.1. The Balaban J connectivity index is 0.00000185. The van der Waals surface area contributed by atoms with E-state index in [1.165, 1.54) is 24.3 Å². The van der Waals surface area contributed by atoms with Crippen molar-refractivity contribution < 1.29 is 25.6 Å². The SMILES string of the molecule is CC(C)Oc1cc(C(=O)N2CC3C(C2)[C@@H]2CN(C(=O)c4ccc(S(N)(=O)=O)cc4)C[C@H]32)cc2ccccc12.[HH].[HH]. The summed E-state index contributed by atoms with van der Waals surface area (Å²) in [5, 5.41) is 7.15. The van der Waals surface area contributed by atoms with E-state index in [-0.39, 0.29) is 25.7 Å².